The number of hydrogen-bond donors (Lipinski definition) is 2. The van der Waals surface area contributed by atoms with Crippen molar-refractivity contribution in [3.05, 3.63) is 18.5 Å². The van der Waals surface area contributed by atoms with Crippen LogP contribution in [0.4, 0.5) is 0 Å². The van der Waals surface area contributed by atoms with Crippen LogP contribution in [0.3, 0.4) is 0 Å². The van der Waals surface area contributed by atoms with E-state index in [1.165, 1.54) is 0 Å². The Morgan fingerprint density at radius 1 is 1.71 bits per heavy atom. The molecule has 2 rings (SSSR count). The predicted molar refractivity (Wildman–Crippen MR) is 65.2 cm³/mol. The molecule has 2 unspecified atom stereocenters. The number of nitrogens with zero attached hydrogens (tertiary/aromatic N) is 2. The largest absolute Gasteiger partial charge is 0.368 e. The maximum Gasteiger partial charge on any atom is 0.238 e. The van der Waals surface area contributed by atoms with E-state index in [0.29, 0.717) is 5.92 Å². The summed E-state index contributed by atoms with van der Waals surface area (Å²) in [5, 5.41) is 7.33. The molecule has 5 nitrogen and oxygen atoms in total. The molecule has 1 saturated carbocycles. The average molecular weight is 236 g/mol. The van der Waals surface area contributed by atoms with E-state index in [1.54, 1.807) is 6.20 Å². The highest BCUT2D eigenvalue weighted by Crippen LogP contribution is 2.37. The fraction of sp³-hybridized carbons (Fsp3) is 0.667. The maximum atomic E-state index is 11.7. The van der Waals surface area contributed by atoms with E-state index < -0.39 is 5.54 Å². The molecule has 1 aromatic rings. The predicted octanol–water partition coefficient (Wildman–Crippen LogP) is 0.517. The molecule has 3 N–H and O–H groups in total. The standard InChI is InChI=1S/C12H20N4O/c1-14-12(11(13)17)6-2-4-10(12)5-9-16-8-3-7-15-16/h3,7-8,10,14H,2,4-6,9H2,1H3,(H2,13,17). The van der Waals surface area contributed by atoms with Crippen molar-refractivity contribution in [3.8, 4) is 0 Å². The Bertz CT molecular complexity index is 376. The lowest BCUT2D eigenvalue weighted by atomic mass is 9.84. The summed E-state index contributed by atoms with van der Waals surface area (Å²) in [7, 11) is 1.83. The normalized spacial score (nSPS) is 28.4. The van der Waals surface area contributed by atoms with E-state index in [9.17, 15) is 4.79 Å². The van der Waals surface area contributed by atoms with Crippen LogP contribution in [0, 0.1) is 5.92 Å². The molecule has 1 amide bonds. The van der Waals surface area contributed by atoms with E-state index >= 15 is 0 Å². The number of rotatable bonds is 5. The molecule has 0 spiro atoms. The van der Waals surface area contributed by atoms with Gasteiger partial charge in [0.05, 0.1) is 0 Å². The third kappa shape index (κ3) is 2.20. The number of carbonyl (C=O) groups is 1. The lowest BCUT2D eigenvalue weighted by molar-refractivity contribution is -0.125. The van der Waals surface area contributed by atoms with Crippen molar-refractivity contribution in [2.75, 3.05) is 7.05 Å². The minimum absolute atomic E-state index is 0.219. The van der Waals surface area contributed by atoms with Crippen LogP contribution in [0.15, 0.2) is 18.5 Å². The Balaban J connectivity index is 2.01. The zero-order valence-electron chi connectivity index (χ0n) is 10.2. The smallest absolute Gasteiger partial charge is 0.238 e. The van der Waals surface area contributed by atoms with Gasteiger partial charge in [-0.3, -0.25) is 9.48 Å². The first-order valence-corrected chi connectivity index (χ1v) is 6.15. The zero-order valence-corrected chi connectivity index (χ0v) is 10.2. The number of likely N-dealkylation sites (N-methyl/N-ethyl adjacent to an activating group) is 1. The SMILES string of the molecule is CNC1(C(N)=O)CCCC1CCn1cccn1. The van der Waals surface area contributed by atoms with Gasteiger partial charge >= 0.3 is 0 Å². The number of hydrogen-bond acceptors (Lipinski definition) is 3. The van der Waals surface area contributed by atoms with Crippen LogP contribution in [0.25, 0.3) is 0 Å². The lowest BCUT2D eigenvalue weighted by Gasteiger charge is -2.32. The van der Waals surface area contributed by atoms with E-state index in [4.69, 9.17) is 5.73 Å². The number of nitrogens with one attached hydrogen (secondary N) is 1. The number of carbonyl (C=O) groups excluding carboxylic acids is 1. The van der Waals surface area contributed by atoms with E-state index in [2.05, 4.69) is 10.4 Å². The molecule has 0 bridgehead atoms. The number of aryl methyl sites for hydroxylation is 1. The third-order valence-corrected chi connectivity index (χ3v) is 3.97. The third-order valence-electron chi connectivity index (χ3n) is 3.97. The van der Waals surface area contributed by atoms with Gasteiger partial charge in [-0.25, -0.2) is 0 Å². The molecule has 94 valence electrons. The van der Waals surface area contributed by atoms with Gasteiger partial charge in [-0.05, 0) is 38.3 Å². The number of nitrogens with two attached hydrogens (primary N) is 1. The minimum atomic E-state index is -0.507. The van der Waals surface area contributed by atoms with Crippen LogP contribution in [0.5, 0.6) is 0 Å². The Hall–Kier alpha value is -1.36. The first kappa shape index (κ1) is 12.1. The highest BCUT2D eigenvalue weighted by Gasteiger charge is 2.46. The second-order valence-electron chi connectivity index (χ2n) is 4.73. The molecule has 2 atom stereocenters. The summed E-state index contributed by atoms with van der Waals surface area (Å²) in [4.78, 5) is 11.7. The Labute approximate surface area is 101 Å². The van der Waals surface area contributed by atoms with Crippen LogP contribution in [0.2, 0.25) is 0 Å². The van der Waals surface area contributed by atoms with Crippen molar-refractivity contribution in [2.45, 2.75) is 37.8 Å². The summed E-state index contributed by atoms with van der Waals surface area (Å²) in [6.07, 6.45) is 7.63. The fourth-order valence-corrected chi connectivity index (χ4v) is 2.97. The Morgan fingerprint density at radius 3 is 3.12 bits per heavy atom. The van der Waals surface area contributed by atoms with Crippen LogP contribution < -0.4 is 11.1 Å². The first-order valence-electron chi connectivity index (χ1n) is 6.15. The van der Waals surface area contributed by atoms with Gasteiger partial charge in [0, 0.05) is 18.9 Å². The van der Waals surface area contributed by atoms with Crippen molar-refractivity contribution in [1.82, 2.24) is 15.1 Å². The van der Waals surface area contributed by atoms with Gasteiger partial charge in [0.15, 0.2) is 0 Å². The summed E-state index contributed by atoms with van der Waals surface area (Å²) < 4.78 is 1.90. The van der Waals surface area contributed by atoms with Crippen molar-refractivity contribution < 1.29 is 4.79 Å². The van der Waals surface area contributed by atoms with Crippen molar-refractivity contribution >= 4 is 5.91 Å². The van der Waals surface area contributed by atoms with Crippen LogP contribution in [-0.4, -0.2) is 28.3 Å². The highest BCUT2D eigenvalue weighted by atomic mass is 16.1. The van der Waals surface area contributed by atoms with Crippen LogP contribution >= 0.6 is 0 Å². The molecule has 1 aliphatic carbocycles. The van der Waals surface area contributed by atoms with Crippen molar-refractivity contribution in [3.63, 3.8) is 0 Å². The summed E-state index contributed by atoms with van der Waals surface area (Å²) >= 11 is 0. The second-order valence-corrected chi connectivity index (χ2v) is 4.73. The first-order chi connectivity index (χ1) is 8.19. The van der Waals surface area contributed by atoms with Crippen molar-refractivity contribution in [2.24, 2.45) is 11.7 Å². The summed E-state index contributed by atoms with van der Waals surface area (Å²) in [5.41, 5.74) is 5.05. The van der Waals surface area contributed by atoms with Crippen LogP contribution in [-0.2, 0) is 11.3 Å². The van der Waals surface area contributed by atoms with Gasteiger partial charge < -0.3 is 11.1 Å². The molecule has 1 heterocycles. The van der Waals surface area contributed by atoms with Gasteiger partial charge in [-0.2, -0.15) is 5.10 Å². The Morgan fingerprint density at radius 2 is 2.53 bits per heavy atom. The average Bonchev–Trinajstić information content (AvgIpc) is 2.96. The zero-order chi connectivity index (χ0) is 12.3. The van der Waals surface area contributed by atoms with Gasteiger partial charge in [0.25, 0.3) is 0 Å². The maximum absolute atomic E-state index is 11.7. The van der Waals surface area contributed by atoms with E-state index in [1.807, 2.05) is 24.0 Å². The van der Waals surface area contributed by atoms with Crippen LogP contribution in [0.1, 0.15) is 25.7 Å². The summed E-state index contributed by atoms with van der Waals surface area (Å²) in [6.45, 7) is 0.842. The van der Waals surface area contributed by atoms with Crippen molar-refractivity contribution in [1.29, 1.82) is 0 Å². The molecular weight excluding hydrogens is 216 g/mol. The van der Waals surface area contributed by atoms with E-state index in [0.717, 1.165) is 32.2 Å². The molecule has 5 heteroatoms. The topological polar surface area (TPSA) is 72.9 Å². The molecule has 0 saturated heterocycles. The highest BCUT2D eigenvalue weighted by molar-refractivity contribution is 5.85. The fourth-order valence-electron chi connectivity index (χ4n) is 2.97. The van der Waals surface area contributed by atoms with E-state index in [-0.39, 0.29) is 5.91 Å². The Kier molecular flexibility index (Phi) is 3.47. The molecule has 1 aromatic heterocycles. The molecule has 0 aliphatic heterocycles. The number of amides is 1. The van der Waals surface area contributed by atoms with Gasteiger partial charge in [-0.15, -0.1) is 0 Å². The minimum Gasteiger partial charge on any atom is -0.368 e. The number of primary amides is 1. The molecule has 0 aromatic carbocycles. The monoisotopic (exact) mass is 236 g/mol. The summed E-state index contributed by atoms with van der Waals surface area (Å²) in [6, 6.07) is 1.91. The lowest BCUT2D eigenvalue weighted by Crippen LogP contribution is -2.56. The molecular formula is C12H20N4O. The summed E-state index contributed by atoms with van der Waals surface area (Å²) in [5.74, 6) is 0.0946. The quantitative estimate of drug-likeness (QED) is 0.782. The molecule has 0 radical (unpaired) electrons. The van der Waals surface area contributed by atoms with Gasteiger partial charge in [-0.1, -0.05) is 6.42 Å². The van der Waals surface area contributed by atoms with Gasteiger partial charge in [0.1, 0.15) is 5.54 Å². The van der Waals surface area contributed by atoms with Gasteiger partial charge in [0.2, 0.25) is 5.91 Å². The molecule has 17 heavy (non-hydrogen) atoms. The number of aromatic nitrogens is 2. The second kappa shape index (κ2) is 4.87. The molecule has 1 aliphatic rings. The molecule has 1 fully saturated rings.